The second-order valence-corrected chi connectivity index (χ2v) is 30.4. The maximum absolute atomic E-state index is 2.77. The summed E-state index contributed by atoms with van der Waals surface area (Å²) in [7, 11) is 0. The van der Waals surface area contributed by atoms with E-state index in [1.54, 1.807) is 0 Å². The number of benzene rings is 9. The van der Waals surface area contributed by atoms with E-state index in [4.69, 9.17) is 0 Å². The minimum atomic E-state index is -0.265. The summed E-state index contributed by atoms with van der Waals surface area (Å²) in [5, 5.41) is 0. The van der Waals surface area contributed by atoms with Gasteiger partial charge in [-0.25, -0.2) is 0 Å². The number of nitrogens with zero attached hydrogens (tertiary/aromatic N) is 3. The third kappa shape index (κ3) is 8.26. The number of fused-ring (bicyclic) bond motifs is 7. The maximum atomic E-state index is 2.77. The molecule has 0 amide bonds. The Labute approximate surface area is 502 Å². The monoisotopic (exact) mass is 1100 g/mol. The highest BCUT2D eigenvalue weighted by molar-refractivity contribution is 7.00. The first-order valence-corrected chi connectivity index (χ1v) is 31.2. The molecule has 5 aliphatic rings. The molecular weight excluding hydrogens is 1010 g/mol. The van der Waals surface area contributed by atoms with Crippen molar-refractivity contribution in [1.29, 1.82) is 0 Å². The summed E-state index contributed by atoms with van der Waals surface area (Å²) in [6, 6.07) is 73.1. The molecule has 9 aromatic rings. The molecule has 0 radical (unpaired) electrons. The highest BCUT2D eigenvalue weighted by Gasteiger charge is 2.51. The van der Waals surface area contributed by atoms with Crippen molar-refractivity contribution in [2.45, 2.75) is 167 Å². The molecule has 2 heterocycles. The van der Waals surface area contributed by atoms with Crippen molar-refractivity contribution in [2.75, 3.05) is 14.7 Å². The first-order valence-electron chi connectivity index (χ1n) is 31.2. The van der Waals surface area contributed by atoms with E-state index in [9.17, 15) is 0 Å². The average Bonchev–Trinajstić information content (AvgIpc) is 0.933. The third-order valence-electron chi connectivity index (χ3n) is 21.2. The zero-order valence-electron chi connectivity index (χ0n) is 52.6. The van der Waals surface area contributed by atoms with Crippen LogP contribution < -0.4 is 31.1 Å². The smallest absolute Gasteiger partial charge is 0.252 e. The zero-order chi connectivity index (χ0) is 58.8. The van der Waals surface area contributed by atoms with Gasteiger partial charge < -0.3 is 14.7 Å². The molecular formula is C80H84BN3. The van der Waals surface area contributed by atoms with Gasteiger partial charge in [-0.05, 0) is 204 Å². The molecule has 0 saturated heterocycles. The van der Waals surface area contributed by atoms with E-state index in [2.05, 4.69) is 307 Å². The first kappa shape index (κ1) is 54.4. The number of para-hydroxylation sites is 2. The summed E-state index contributed by atoms with van der Waals surface area (Å²) in [6.45, 7) is 37.0. The Morgan fingerprint density at radius 3 is 1.27 bits per heavy atom. The van der Waals surface area contributed by atoms with Gasteiger partial charge in [-0.3, -0.25) is 0 Å². The van der Waals surface area contributed by atoms with Crippen LogP contribution in [0.2, 0.25) is 0 Å². The maximum Gasteiger partial charge on any atom is 0.252 e. The van der Waals surface area contributed by atoms with Crippen LogP contribution in [0, 0.1) is 6.92 Å². The summed E-state index contributed by atoms with van der Waals surface area (Å²) in [6.07, 6.45) is 4.48. The molecule has 2 aliphatic heterocycles. The van der Waals surface area contributed by atoms with Crippen LogP contribution in [-0.2, 0) is 37.9 Å². The molecule has 0 fully saturated rings. The molecule has 3 aliphatic carbocycles. The van der Waals surface area contributed by atoms with Crippen molar-refractivity contribution in [1.82, 2.24) is 0 Å². The molecule has 3 nitrogen and oxygen atoms in total. The van der Waals surface area contributed by atoms with E-state index < -0.39 is 0 Å². The summed E-state index contributed by atoms with van der Waals surface area (Å²) < 4.78 is 0. The van der Waals surface area contributed by atoms with Crippen molar-refractivity contribution in [3.8, 4) is 11.1 Å². The topological polar surface area (TPSA) is 9.72 Å². The number of hydrogen-bond acceptors (Lipinski definition) is 3. The SMILES string of the molecule is Cc1cc2c(cc1N1c3cc4c(cc3B3c5cc6c(cc5N(c5ccc(C(C)(C)c7ccccc7)cc5-c5ccccc5)c5cc(N(c7ccccc7)c7ccccc7)cc1c53)C(C)(C)CC6(C)C)C(C)(C)CCC4(C)C)C(C)(C)CC2(C)C. The van der Waals surface area contributed by atoms with Crippen LogP contribution >= 0.6 is 0 Å². The molecule has 14 rings (SSSR count). The van der Waals surface area contributed by atoms with Crippen molar-refractivity contribution in [3.63, 3.8) is 0 Å². The van der Waals surface area contributed by atoms with Crippen LogP contribution in [0.1, 0.15) is 173 Å². The summed E-state index contributed by atoms with van der Waals surface area (Å²) in [5.74, 6) is 0. The largest absolute Gasteiger partial charge is 0.311 e. The van der Waals surface area contributed by atoms with Gasteiger partial charge in [0.25, 0.3) is 6.71 Å². The number of anilines is 9. The van der Waals surface area contributed by atoms with Gasteiger partial charge in [-0.2, -0.15) is 0 Å². The Balaban J connectivity index is 1.17. The van der Waals surface area contributed by atoms with E-state index in [1.807, 2.05) is 0 Å². The Kier molecular flexibility index (Phi) is 12.0. The molecule has 422 valence electrons. The predicted molar refractivity (Wildman–Crippen MR) is 361 cm³/mol. The van der Waals surface area contributed by atoms with Gasteiger partial charge in [-0.1, -0.05) is 218 Å². The van der Waals surface area contributed by atoms with Crippen molar-refractivity contribution >= 4 is 74.3 Å². The molecule has 0 saturated carbocycles. The van der Waals surface area contributed by atoms with Gasteiger partial charge in [0, 0.05) is 50.8 Å². The minimum Gasteiger partial charge on any atom is -0.311 e. The van der Waals surface area contributed by atoms with E-state index in [0.717, 1.165) is 42.7 Å². The van der Waals surface area contributed by atoms with Crippen LogP contribution in [-0.4, -0.2) is 6.71 Å². The Morgan fingerprint density at radius 1 is 0.369 bits per heavy atom. The van der Waals surface area contributed by atoms with Gasteiger partial charge in [0.2, 0.25) is 0 Å². The van der Waals surface area contributed by atoms with E-state index in [1.165, 1.54) is 112 Å². The van der Waals surface area contributed by atoms with Crippen molar-refractivity contribution < 1.29 is 0 Å². The predicted octanol–water partition coefficient (Wildman–Crippen LogP) is 19.8. The minimum absolute atomic E-state index is 0.00399. The molecule has 9 aromatic carbocycles. The van der Waals surface area contributed by atoms with E-state index in [-0.39, 0.29) is 44.6 Å². The van der Waals surface area contributed by atoms with Crippen LogP contribution in [0.25, 0.3) is 11.1 Å². The lowest BCUT2D eigenvalue weighted by atomic mass is 9.33. The lowest BCUT2D eigenvalue weighted by molar-refractivity contribution is 0.332. The quantitative estimate of drug-likeness (QED) is 0.140. The average molecular weight is 1100 g/mol. The molecule has 84 heavy (non-hydrogen) atoms. The Bertz CT molecular complexity index is 4090. The normalized spacial score (nSPS) is 18.5. The fourth-order valence-electron chi connectivity index (χ4n) is 17.1. The molecule has 0 bridgehead atoms. The number of rotatable bonds is 8. The second-order valence-electron chi connectivity index (χ2n) is 30.4. The highest BCUT2D eigenvalue weighted by atomic mass is 15.2. The molecule has 4 heteroatoms. The van der Waals surface area contributed by atoms with Gasteiger partial charge >= 0.3 is 0 Å². The van der Waals surface area contributed by atoms with Gasteiger partial charge in [-0.15, -0.1) is 0 Å². The van der Waals surface area contributed by atoms with Crippen LogP contribution in [0.4, 0.5) is 51.2 Å². The number of aryl methyl sites for hydroxylation is 1. The first-order chi connectivity index (χ1) is 39.8. The van der Waals surface area contributed by atoms with Crippen molar-refractivity contribution in [3.05, 3.63) is 238 Å². The lowest BCUT2D eigenvalue weighted by Crippen LogP contribution is -2.62. The molecule has 0 unspecified atom stereocenters. The van der Waals surface area contributed by atoms with Gasteiger partial charge in [0.05, 0.1) is 11.4 Å². The molecule has 0 atom stereocenters. The van der Waals surface area contributed by atoms with E-state index >= 15 is 0 Å². The summed E-state index contributed by atoms with van der Waals surface area (Å²) in [4.78, 5) is 8.01. The van der Waals surface area contributed by atoms with Crippen LogP contribution in [0.5, 0.6) is 0 Å². The molecule has 0 spiro atoms. The van der Waals surface area contributed by atoms with Crippen LogP contribution in [0.15, 0.2) is 188 Å². The Hall–Kier alpha value is -7.56. The number of hydrogen-bond donors (Lipinski definition) is 0. The Morgan fingerprint density at radius 2 is 0.774 bits per heavy atom. The summed E-state index contributed by atoms with van der Waals surface area (Å²) >= 11 is 0. The molecule has 0 N–H and O–H groups in total. The van der Waals surface area contributed by atoms with Gasteiger partial charge in [0.1, 0.15) is 0 Å². The standard InChI is InChI=1S/C80H84BN3/c1-51-40-59-63(78(10,11)49-76(59,6)7)46-68(51)84-70-47-62-60(74(2,3)38-39-75(62,4)5)44-65(70)81-66-45-61-64(79(12,13)50-77(61,8)9)48-69(66)83(67-37-36-54(41-58(67)52-28-20-16-21-29-52)80(14,15)53-30-22-17-23-31-53)71-42-57(43-72(84)73(71)81)82(55-32-24-18-25-33-55)56-34-26-19-27-35-56/h16-37,40-48H,38-39,49-50H2,1-15H3. The molecule has 0 aromatic heterocycles. The zero-order valence-corrected chi connectivity index (χ0v) is 52.6. The fourth-order valence-corrected chi connectivity index (χ4v) is 17.1. The highest BCUT2D eigenvalue weighted by Crippen LogP contribution is 2.58. The lowest BCUT2D eigenvalue weighted by Gasteiger charge is -2.48. The van der Waals surface area contributed by atoms with Crippen molar-refractivity contribution in [2.24, 2.45) is 0 Å². The van der Waals surface area contributed by atoms with E-state index in [0.29, 0.717) is 0 Å². The fraction of sp³-hybridized carbons (Fsp3) is 0.325. The second kappa shape index (κ2) is 18.5. The third-order valence-corrected chi connectivity index (χ3v) is 21.2. The van der Waals surface area contributed by atoms with Crippen LogP contribution in [0.3, 0.4) is 0 Å². The summed E-state index contributed by atoms with van der Waals surface area (Å²) in [5.41, 5.74) is 29.9. The van der Waals surface area contributed by atoms with Gasteiger partial charge in [0.15, 0.2) is 0 Å².